The fraction of sp³-hybridized carbons (Fsp3) is 0.333. The molecule has 0 spiro atoms. The number of fused-ring (bicyclic) bond motifs is 1. The minimum atomic E-state index is -4.25. The summed E-state index contributed by atoms with van der Waals surface area (Å²) >= 11 is 11.9. The maximum Gasteiger partial charge on any atom is 0.294 e. The fourth-order valence-corrected chi connectivity index (χ4v) is 9.54. The third-order valence-corrected chi connectivity index (χ3v) is 14.2. The summed E-state index contributed by atoms with van der Waals surface area (Å²) in [6, 6.07) is 40.8. The van der Waals surface area contributed by atoms with Gasteiger partial charge in [-0.2, -0.15) is 8.42 Å². The van der Waals surface area contributed by atoms with E-state index in [1.54, 1.807) is 41.3 Å². The van der Waals surface area contributed by atoms with E-state index < -0.39 is 10.1 Å². The molecule has 69 heavy (non-hydrogen) atoms. The highest BCUT2D eigenvalue weighted by Gasteiger charge is 2.24. The Morgan fingerprint density at radius 3 is 1.54 bits per heavy atom. The fourth-order valence-electron chi connectivity index (χ4n) is 8.77. The number of benzene rings is 6. The molecule has 0 aromatic heterocycles. The molecule has 0 bridgehead atoms. The van der Waals surface area contributed by atoms with Crippen LogP contribution in [0.4, 0.5) is 0 Å². The quantitative estimate of drug-likeness (QED) is 0.0901. The molecule has 2 saturated heterocycles. The summed E-state index contributed by atoms with van der Waals surface area (Å²) in [6.07, 6.45) is 2.17. The second kappa shape index (κ2) is 24.2. The minimum Gasteiger partial charge on any atom is -0.508 e. The molecule has 2 unspecified atom stereocenters. The molecule has 2 aliphatic rings. The van der Waals surface area contributed by atoms with Crippen molar-refractivity contribution in [2.45, 2.75) is 56.5 Å². The van der Waals surface area contributed by atoms with Gasteiger partial charge >= 0.3 is 0 Å². The van der Waals surface area contributed by atoms with Gasteiger partial charge < -0.3 is 24.4 Å². The number of piperazine rings is 2. The third kappa shape index (κ3) is 14.9. The number of hydrogen-bond acceptors (Lipinski definition) is 9. The maximum atomic E-state index is 12.7. The van der Waals surface area contributed by atoms with Gasteiger partial charge in [-0.15, -0.1) is 0 Å². The van der Waals surface area contributed by atoms with Crippen LogP contribution in [0.2, 0.25) is 10.0 Å². The molecule has 6 aromatic rings. The lowest BCUT2D eigenvalue weighted by atomic mass is 9.80. The number of carbonyl (C=O) groups excluding carboxylic acids is 2. The molecule has 2 atom stereocenters. The van der Waals surface area contributed by atoms with E-state index in [1.807, 2.05) is 65.6 Å². The molecule has 15 heteroatoms. The van der Waals surface area contributed by atoms with Crippen LogP contribution in [0.1, 0.15) is 60.8 Å². The highest BCUT2D eigenvalue weighted by molar-refractivity contribution is 7.85. The van der Waals surface area contributed by atoms with Crippen molar-refractivity contribution in [1.82, 2.24) is 19.6 Å². The average Bonchev–Trinajstić information content (AvgIpc) is 3.36. The van der Waals surface area contributed by atoms with E-state index in [2.05, 4.69) is 47.9 Å². The SMILES string of the molecule is CCCC(c1ccc(O)cc1)C(C)c1ccc(OCC(=O)N2CCN(Cc3ccc(Cl)cc3)CC2)cc1.O=C(COc1ccc2cc(S(=O)(=O)O)ccc2c1)N1CCN(Cc2ccc(Cl)cc2)CC1. The van der Waals surface area contributed by atoms with Crippen LogP contribution in [0.15, 0.2) is 138 Å². The standard InChI is InChI=1S/C31H37ClN2O3.C23H23ClN2O5S/c1-3-4-30(26-7-13-28(35)14-8-26)23(2)25-9-15-29(16-10-25)37-22-31(36)34-19-17-33(18-20-34)21-24-5-11-27(32)12-6-24;24-20-5-1-17(2-6-20)15-25-9-11-26(12-10-25)23(27)16-31-21-7-3-19-14-22(32(28,29)30)8-4-18(19)13-21/h5-16,23,30,35H,3-4,17-22H2,1-2H3;1-8,13-14H,9-12,15-16H2,(H,28,29,30). The third-order valence-electron chi connectivity index (χ3n) is 12.8. The van der Waals surface area contributed by atoms with Crippen molar-refractivity contribution in [3.05, 3.63) is 166 Å². The average molecular weight is 996 g/mol. The van der Waals surface area contributed by atoms with Gasteiger partial charge in [-0.1, -0.05) is 104 Å². The topological polar surface area (TPSA) is 140 Å². The van der Waals surface area contributed by atoms with Gasteiger partial charge in [-0.05, 0) is 124 Å². The summed E-state index contributed by atoms with van der Waals surface area (Å²) in [5, 5.41) is 12.5. The van der Waals surface area contributed by atoms with Crippen LogP contribution in [0, 0.1) is 0 Å². The number of nitrogens with zero attached hydrogens (tertiary/aromatic N) is 4. The number of amides is 2. The van der Waals surface area contributed by atoms with Crippen LogP contribution >= 0.6 is 23.2 Å². The number of rotatable bonds is 16. The van der Waals surface area contributed by atoms with Crippen LogP contribution in [-0.4, -0.2) is 115 Å². The number of halogens is 2. The summed E-state index contributed by atoms with van der Waals surface area (Å²) in [7, 11) is -4.25. The molecule has 0 aliphatic carbocycles. The molecule has 0 saturated carbocycles. The second-order valence-corrected chi connectivity index (χ2v) is 19.9. The molecule has 6 aromatic carbocycles. The van der Waals surface area contributed by atoms with Crippen LogP contribution in [0.3, 0.4) is 0 Å². The Morgan fingerprint density at radius 1 is 0.594 bits per heavy atom. The number of phenolic OH excluding ortho intramolecular Hbond substituents is 1. The Balaban J connectivity index is 0.000000206. The summed E-state index contributed by atoms with van der Waals surface area (Å²) < 4.78 is 43.2. The zero-order chi connectivity index (χ0) is 48.9. The number of hydrogen-bond donors (Lipinski definition) is 2. The number of aromatic hydroxyl groups is 1. The molecule has 2 heterocycles. The van der Waals surface area contributed by atoms with Crippen molar-refractivity contribution in [1.29, 1.82) is 0 Å². The Labute approximate surface area is 415 Å². The van der Waals surface area contributed by atoms with Crippen LogP contribution in [0.5, 0.6) is 17.2 Å². The predicted molar refractivity (Wildman–Crippen MR) is 272 cm³/mol. The van der Waals surface area contributed by atoms with Crippen molar-refractivity contribution in [3.63, 3.8) is 0 Å². The summed E-state index contributed by atoms with van der Waals surface area (Å²) in [6.45, 7) is 12.1. The molecule has 2 fully saturated rings. The molecule has 8 rings (SSSR count). The van der Waals surface area contributed by atoms with Crippen LogP contribution in [0.25, 0.3) is 10.8 Å². The molecule has 12 nitrogen and oxygen atoms in total. The van der Waals surface area contributed by atoms with E-state index >= 15 is 0 Å². The van der Waals surface area contributed by atoms with Crippen molar-refractivity contribution < 1.29 is 37.1 Å². The van der Waals surface area contributed by atoms with E-state index in [1.165, 1.54) is 34.4 Å². The van der Waals surface area contributed by atoms with Crippen molar-refractivity contribution in [2.75, 3.05) is 65.6 Å². The van der Waals surface area contributed by atoms with Gasteiger partial charge in [0.15, 0.2) is 13.2 Å². The second-order valence-electron chi connectivity index (χ2n) is 17.6. The van der Waals surface area contributed by atoms with Gasteiger partial charge in [-0.25, -0.2) is 0 Å². The van der Waals surface area contributed by atoms with Crippen molar-refractivity contribution in [3.8, 4) is 17.2 Å². The van der Waals surface area contributed by atoms with E-state index in [0.717, 1.165) is 67.5 Å². The Hall–Kier alpha value is -5.67. The predicted octanol–water partition coefficient (Wildman–Crippen LogP) is 9.92. The normalized spacial score (nSPS) is 15.5. The molecular weight excluding hydrogens is 936 g/mol. The maximum absolute atomic E-state index is 12.7. The van der Waals surface area contributed by atoms with Gasteiger partial charge in [0.05, 0.1) is 4.90 Å². The van der Waals surface area contributed by atoms with E-state index in [-0.39, 0.29) is 29.9 Å². The largest absolute Gasteiger partial charge is 0.508 e. The Kier molecular flexibility index (Phi) is 18.0. The first-order valence-electron chi connectivity index (χ1n) is 23.4. The van der Waals surface area contributed by atoms with Crippen molar-refractivity contribution in [2.24, 2.45) is 0 Å². The van der Waals surface area contributed by atoms with E-state index in [9.17, 15) is 23.1 Å². The molecule has 2 amide bonds. The zero-order valence-electron chi connectivity index (χ0n) is 39.1. The van der Waals surface area contributed by atoms with Gasteiger partial charge in [-0.3, -0.25) is 23.9 Å². The molecule has 0 radical (unpaired) electrons. The van der Waals surface area contributed by atoms with Gasteiger partial charge in [0.1, 0.15) is 17.2 Å². The Morgan fingerprint density at radius 2 is 1.04 bits per heavy atom. The summed E-state index contributed by atoms with van der Waals surface area (Å²) in [5.74, 6) is 2.18. The first-order valence-corrected chi connectivity index (χ1v) is 25.6. The number of carbonyl (C=O) groups is 2. The number of ether oxygens (including phenoxy) is 2. The lowest BCUT2D eigenvalue weighted by molar-refractivity contribution is -0.135. The Bertz CT molecular complexity index is 2730. The summed E-state index contributed by atoms with van der Waals surface area (Å²) in [4.78, 5) is 33.5. The van der Waals surface area contributed by atoms with Gasteiger partial charge in [0.2, 0.25) is 0 Å². The van der Waals surface area contributed by atoms with E-state index in [0.29, 0.717) is 60.6 Å². The van der Waals surface area contributed by atoms with Crippen LogP contribution < -0.4 is 9.47 Å². The monoisotopic (exact) mass is 994 g/mol. The highest BCUT2D eigenvalue weighted by atomic mass is 35.5. The zero-order valence-corrected chi connectivity index (χ0v) is 41.4. The minimum absolute atomic E-state index is 0.0268. The lowest BCUT2D eigenvalue weighted by Crippen LogP contribution is -2.49. The molecule has 364 valence electrons. The van der Waals surface area contributed by atoms with E-state index in [4.69, 9.17) is 37.2 Å². The van der Waals surface area contributed by atoms with Crippen LogP contribution in [-0.2, 0) is 32.8 Å². The lowest BCUT2D eigenvalue weighted by Gasteiger charge is -2.34. The molecular formula is C54H60Cl2N4O8S. The van der Waals surface area contributed by atoms with Gasteiger partial charge in [0, 0.05) is 75.5 Å². The number of phenols is 1. The van der Waals surface area contributed by atoms with Crippen molar-refractivity contribution >= 4 is 55.9 Å². The summed E-state index contributed by atoms with van der Waals surface area (Å²) in [5.41, 5.74) is 4.90. The smallest absolute Gasteiger partial charge is 0.294 e. The highest BCUT2D eigenvalue weighted by Crippen LogP contribution is 2.37. The molecule has 2 aliphatic heterocycles. The first-order chi connectivity index (χ1) is 33.2. The first kappa shape index (κ1) is 51.2. The van der Waals surface area contributed by atoms with Gasteiger partial charge in [0.25, 0.3) is 21.9 Å². The molecule has 2 N–H and O–H groups in total.